The summed E-state index contributed by atoms with van der Waals surface area (Å²) in [7, 11) is 0. The maximum atomic E-state index is 13.2. The lowest BCUT2D eigenvalue weighted by Crippen LogP contribution is -2.33. The molecule has 0 unspecified atom stereocenters. The molecule has 0 fully saturated rings. The fourth-order valence-corrected chi connectivity index (χ4v) is 3.58. The third-order valence-electron chi connectivity index (χ3n) is 3.88. The highest BCUT2D eigenvalue weighted by atomic mass is 32.1. The number of anilines is 1. The van der Waals surface area contributed by atoms with Gasteiger partial charge in [0.25, 0.3) is 5.91 Å². The van der Waals surface area contributed by atoms with Crippen LogP contribution in [0, 0.1) is 6.92 Å². The molecule has 26 heavy (non-hydrogen) atoms. The Hall–Kier alpha value is -2.77. The van der Waals surface area contributed by atoms with E-state index in [0.29, 0.717) is 17.8 Å². The van der Waals surface area contributed by atoms with E-state index in [2.05, 4.69) is 9.97 Å². The van der Waals surface area contributed by atoms with E-state index in [1.54, 1.807) is 16.2 Å². The van der Waals surface area contributed by atoms with Crippen LogP contribution >= 0.6 is 11.3 Å². The van der Waals surface area contributed by atoms with Crippen LogP contribution in [0.25, 0.3) is 11.3 Å². The monoisotopic (exact) mass is 368 g/mol. The van der Waals surface area contributed by atoms with Gasteiger partial charge in [-0.05, 0) is 19.1 Å². The van der Waals surface area contributed by atoms with Gasteiger partial charge in [-0.25, -0.2) is 9.97 Å². The Balaban J connectivity index is 1.96. The number of aryl methyl sites for hydroxylation is 1. The quantitative estimate of drug-likeness (QED) is 0.698. The number of nitrogens with two attached hydrogens (primary N) is 1. The summed E-state index contributed by atoms with van der Waals surface area (Å²) in [6.45, 7) is 2.56. The molecule has 0 aliphatic carbocycles. The van der Waals surface area contributed by atoms with E-state index in [9.17, 15) is 9.90 Å². The van der Waals surface area contributed by atoms with Gasteiger partial charge in [0, 0.05) is 28.1 Å². The molecule has 134 valence electrons. The van der Waals surface area contributed by atoms with Gasteiger partial charge in [0.2, 0.25) is 5.95 Å². The summed E-state index contributed by atoms with van der Waals surface area (Å²) in [5.74, 6) is -0.119. The van der Waals surface area contributed by atoms with Crippen molar-refractivity contribution in [3.05, 3.63) is 64.0 Å². The molecule has 7 heteroatoms. The summed E-state index contributed by atoms with van der Waals surface area (Å²) >= 11 is 1.63. The van der Waals surface area contributed by atoms with E-state index >= 15 is 0 Å². The summed E-state index contributed by atoms with van der Waals surface area (Å²) in [6, 6.07) is 13.4. The van der Waals surface area contributed by atoms with E-state index < -0.39 is 0 Å². The molecule has 3 N–H and O–H groups in total. The Morgan fingerprint density at radius 1 is 1.23 bits per heavy atom. The number of aliphatic hydroxyl groups excluding tert-OH is 1. The van der Waals surface area contributed by atoms with Gasteiger partial charge in [-0.3, -0.25) is 4.79 Å². The molecule has 0 aliphatic heterocycles. The van der Waals surface area contributed by atoms with Crippen LogP contribution in [0.1, 0.15) is 20.1 Å². The molecule has 3 rings (SSSR count). The third kappa shape index (κ3) is 4.07. The number of carbonyl (C=O) groups is 1. The predicted octanol–water partition coefficient (Wildman–Crippen LogP) is 2.73. The number of rotatable bonds is 6. The van der Waals surface area contributed by atoms with Crippen LogP contribution in [0.5, 0.6) is 0 Å². The molecule has 1 amide bonds. The number of aromatic nitrogens is 2. The van der Waals surface area contributed by atoms with Gasteiger partial charge in [-0.15, -0.1) is 11.3 Å². The maximum absolute atomic E-state index is 13.2. The lowest BCUT2D eigenvalue weighted by molar-refractivity contribution is 0.0709. The van der Waals surface area contributed by atoms with Gasteiger partial charge < -0.3 is 15.7 Å². The van der Waals surface area contributed by atoms with Crippen LogP contribution in [0.15, 0.2) is 48.7 Å². The SMILES string of the molecule is Cc1ccc(CN(CCO)C(=O)c2cnc(N)nc2-c2ccccc2)s1. The highest BCUT2D eigenvalue weighted by molar-refractivity contribution is 7.11. The Labute approximate surface area is 156 Å². The molecular weight excluding hydrogens is 348 g/mol. The van der Waals surface area contributed by atoms with Crippen molar-refractivity contribution in [2.75, 3.05) is 18.9 Å². The first kappa shape index (κ1) is 18.0. The molecule has 3 aromatic rings. The van der Waals surface area contributed by atoms with Gasteiger partial charge in [0.15, 0.2) is 0 Å². The number of thiophene rings is 1. The first-order chi connectivity index (χ1) is 12.6. The Kier molecular flexibility index (Phi) is 5.60. The predicted molar refractivity (Wildman–Crippen MR) is 103 cm³/mol. The van der Waals surface area contributed by atoms with Crippen molar-refractivity contribution < 1.29 is 9.90 Å². The number of aliphatic hydroxyl groups is 1. The van der Waals surface area contributed by atoms with Crippen LogP contribution in [-0.2, 0) is 6.54 Å². The van der Waals surface area contributed by atoms with Crippen molar-refractivity contribution in [1.82, 2.24) is 14.9 Å². The maximum Gasteiger partial charge on any atom is 0.258 e. The van der Waals surface area contributed by atoms with Crippen LogP contribution in [-0.4, -0.2) is 39.0 Å². The lowest BCUT2D eigenvalue weighted by Gasteiger charge is -2.22. The molecule has 1 aromatic carbocycles. The Bertz CT molecular complexity index is 896. The molecule has 6 nitrogen and oxygen atoms in total. The van der Waals surface area contributed by atoms with E-state index in [1.807, 2.05) is 49.4 Å². The standard InChI is InChI=1S/C19H20N4O2S/c1-13-7-8-15(26-13)12-23(9-10-24)18(25)16-11-21-19(20)22-17(16)14-5-3-2-4-6-14/h2-8,11,24H,9-10,12H2,1H3,(H2,20,21,22). The number of benzene rings is 1. The minimum absolute atomic E-state index is 0.114. The molecular formula is C19H20N4O2S. The van der Waals surface area contributed by atoms with Crippen molar-refractivity contribution in [3.8, 4) is 11.3 Å². The van der Waals surface area contributed by atoms with E-state index in [-0.39, 0.29) is 25.0 Å². The summed E-state index contributed by atoms with van der Waals surface area (Å²) in [6.07, 6.45) is 1.46. The number of nitrogen functional groups attached to an aromatic ring is 1. The topological polar surface area (TPSA) is 92.3 Å². The second kappa shape index (κ2) is 8.07. The second-order valence-electron chi connectivity index (χ2n) is 5.82. The molecule has 0 spiro atoms. The second-order valence-corrected chi connectivity index (χ2v) is 7.19. The number of nitrogens with zero attached hydrogens (tertiary/aromatic N) is 3. The van der Waals surface area contributed by atoms with Crippen molar-refractivity contribution in [3.63, 3.8) is 0 Å². The van der Waals surface area contributed by atoms with Crippen molar-refractivity contribution >= 4 is 23.2 Å². The van der Waals surface area contributed by atoms with E-state index in [1.165, 1.54) is 11.1 Å². The highest BCUT2D eigenvalue weighted by Gasteiger charge is 2.22. The molecule has 0 aliphatic rings. The third-order valence-corrected chi connectivity index (χ3v) is 4.87. The van der Waals surface area contributed by atoms with E-state index in [4.69, 9.17) is 5.73 Å². The van der Waals surface area contributed by atoms with Gasteiger partial charge in [-0.1, -0.05) is 30.3 Å². The van der Waals surface area contributed by atoms with E-state index in [0.717, 1.165) is 10.4 Å². The zero-order chi connectivity index (χ0) is 18.5. The Morgan fingerprint density at radius 3 is 2.65 bits per heavy atom. The van der Waals surface area contributed by atoms with Crippen molar-refractivity contribution in [2.24, 2.45) is 0 Å². The summed E-state index contributed by atoms with van der Waals surface area (Å²) < 4.78 is 0. The average Bonchev–Trinajstić information content (AvgIpc) is 3.06. The molecule has 0 atom stereocenters. The van der Waals surface area contributed by atoms with Gasteiger partial charge in [0.1, 0.15) is 0 Å². The lowest BCUT2D eigenvalue weighted by atomic mass is 10.1. The van der Waals surface area contributed by atoms with Gasteiger partial charge in [-0.2, -0.15) is 0 Å². The highest BCUT2D eigenvalue weighted by Crippen LogP contribution is 2.24. The zero-order valence-corrected chi connectivity index (χ0v) is 15.2. The van der Waals surface area contributed by atoms with Crippen LogP contribution < -0.4 is 5.73 Å². The fraction of sp³-hybridized carbons (Fsp3) is 0.211. The van der Waals surface area contributed by atoms with Crippen LogP contribution in [0.2, 0.25) is 0 Å². The normalized spacial score (nSPS) is 10.7. The van der Waals surface area contributed by atoms with Gasteiger partial charge in [0.05, 0.1) is 24.4 Å². The molecule has 2 aromatic heterocycles. The first-order valence-electron chi connectivity index (χ1n) is 8.22. The molecule has 0 bridgehead atoms. The minimum Gasteiger partial charge on any atom is -0.395 e. The average molecular weight is 368 g/mol. The Morgan fingerprint density at radius 2 is 2.00 bits per heavy atom. The van der Waals surface area contributed by atoms with Crippen molar-refractivity contribution in [2.45, 2.75) is 13.5 Å². The number of carbonyl (C=O) groups excluding carboxylic acids is 1. The molecule has 0 saturated heterocycles. The summed E-state index contributed by atoms with van der Waals surface area (Å²) in [4.78, 5) is 25.3. The van der Waals surface area contributed by atoms with Crippen molar-refractivity contribution in [1.29, 1.82) is 0 Å². The largest absolute Gasteiger partial charge is 0.395 e. The minimum atomic E-state index is -0.232. The summed E-state index contributed by atoms with van der Waals surface area (Å²) in [5, 5.41) is 9.40. The smallest absolute Gasteiger partial charge is 0.258 e. The van der Waals surface area contributed by atoms with Crippen LogP contribution in [0.3, 0.4) is 0 Å². The molecule has 0 saturated carbocycles. The zero-order valence-electron chi connectivity index (χ0n) is 14.4. The number of hydrogen-bond acceptors (Lipinski definition) is 6. The van der Waals surface area contributed by atoms with Gasteiger partial charge >= 0.3 is 0 Å². The molecule has 2 heterocycles. The first-order valence-corrected chi connectivity index (χ1v) is 9.03. The number of amides is 1. The molecule has 0 radical (unpaired) electrons. The summed E-state index contributed by atoms with van der Waals surface area (Å²) in [5.41, 5.74) is 7.39. The fourth-order valence-electron chi connectivity index (χ4n) is 2.67. The van der Waals surface area contributed by atoms with Crippen LogP contribution in [0.4, 0.5) is 5.95 Å². The number of hydrogen-bond donors (Lipinski definition) is 2.